The van der Waals surface area contributed by atoms with Gasteiger partial charge in [-0.1, -0.05) is 0 Å². The number of benzene rings is 1. The van der Waals surface area contributed by atoms with Crippen molar-refractivity contribution < 1.29 is 9.47 Å². The van der Waals surface area contributed by atoms with Crippen molar-refractivity contribution in [3.63, 3.8) is 0 Å². The molecule has 0 saturated heterocycles. The summed E-state index contributed by atoms with van der Waals surface area (Å²) in [5, 5.41) is 0. The highest BCUT2D eigenvalue weighted by molar-refractivity contribution is 5.34. The van der Waals surface area contributed by atoms with Gasteiger partial charge in [0, 0.05) is 0 Å². The number of hydrogen-bond acceptors (Lipinski definition) is 2. The molecule has 0 aromatic heterocycles. The van der Waals surface area contributed by atoms with Crippen molar-refractivity contribution in [1.29, 1.82) is 0 Å². The lowest BCUT2D eigenvalue weighted by Gasteiger charge is -2.01. The number of hydrogen-bond donors (Lipinski definition) is 0. The van der Waals surface area contributed by atoms with Gasteiger partial charge in [0.1, 0.15) is 11.5 Å². The summed E-state index contributed by atoms with van der Waals surface area (Å²) in [5.41, 5.74) is 0. The molecule has 0 aliphatic carbocycles. The predicted molar refractivity (Wildman–Crippen MR) is 36.8 cm³/mol. The Morgan fingerprint density at radius 1 is 0.900 bits per heavy atom. The Balaban J connectivity index is 2.53. The van der Waals surface area contributed by atoms with E-state index in [1.807, 2.05) is 24.3 Å². The molecule has 50 valence electrons. The summed E-state index contributed by atoms with van der Waals surface area (Å²) < 4.78 is 10.2. The van der Waals surface area contributed by atoms with Crippen LogP contribution in [-0.2, 0) is 0 Å². The van der Waals surface area contributed by atoms with Crippen molar-refractivity contribution in [2.75, 3.05) is 0 Å². The van der Waals surface area contributed by atoms with Gasteiger partial charge in [-0.05, 0) is 30.8 Å². The van der Waals surface area contributed by atoms with E-state index in [0.29, 0.717) is 5.95 Å². The number of ether oxygens (including phenoxy) is 2. The van der Waals surface area contributed by atoms with E-state index in [1.54, 1.807) is 0 Å². The molecule has 0 N–H and O–H groups in total. The topological polar surface area (TPSA) is 18.5 Å². The van der Waals surface area contributed by atoms with Crippen molar-refractivity contribution in [2.45, 2.75) is 0 Å². The highest BCUT2D eigenvalue weighted by atomic mass is 16.7. The predicted octanol–water partition coefficient (Wildman–Crippen LogP) is 1.93. The first kappa shape index (κ1) is 5.35. The van der Waals surface area contributed by atoms with E-state index in [4.69, 9.17) is 9.47 Å². The van der Waals surface area contributed by atoms with Gasteiger partial charge in [-0.15, -0.1) is 0 Å². The third-order valence-electron chi connectivity index (χ3n) is 1.29. The van der Waals surface area contributed by atoms with Crippen LogP contribution in [0.4, 0.5) is 0 Å². The van der Waals surface area contributed by atoms with Gasteiger partial charge in [0.15, 0.2) is 0 Å². The fourth-order valence-electron chi connectivity index (χ4n) is 0.859. The zero-order chi connectivity index (χ0) is 6.97. The Kier molecular flexibility index (Phi) is 0.947. The average Bonchev–Trinajstić information content (AvgIpc) is 2.17. The summed E-state index contributed by atoms with van der Waals surface area (Å²) in [4.78, 5) is 0. The summed E-state index contributed by atoms with van der Waals surface area (Å²) >= 11 is 0. The summed E-state index contributed by atoms with van der Waals surface area (Å²) in [5.74, 6) is 1.87. The molecular formula is C8H6O2. The van der Waals surface area contributed by atoms with Crippen molar-refractivity contribution in [1.82, 2.24) is 0 Å². The minimum atomic E-state index is 0.333. The molecule has 0 saturated carbocycles. The highest BCUT2D eigenvalue weighted by Crippen LogP contribution is 2.24. The maximum Gasteiger partial charge on any atom is 0.282 e. The summed E-state index contributed by atoms with van der Waals surface area (Å²) in [6.45, 7) is 3.55. The maximum absolute atomic E-state index is 5.11. The van der Waals surface area contributed by atoms with Gasteiger partial charge in [0.05, 0.1) is 0 Å². The van der Waals surface area contributed by atoms with Crippen LogP contribution in [0.15, 0.2) is 36.8 Å². The SMILES string of the molecule is C=C1Oc2ccc(cc2)O1. The van der Waals surface area contributed by atoms with Crippen LogP contribution in [-0.4, -0.2) is 0 Å². The molecule has 2 nitrogen and oxygen atoms in total. The number of fused-ring (bicyclic) bond motifs is 4. The molecule has 1 aromatic carbocycles. The van der Waals surface area contributed by atoms with Gasteiger partial charge in [0.2, 0.25) is 0 Å². The molecule has 1 aromatic rings. The van der Waals surface area contributed by atoms with E-state index >= 15 is 0 Å². The molecule has 0 radical (unpaired) electrons. The van der Waals surface area contributed by atoms with Crippen LogP contribution in [0.3, 0.4) is 0 Å². The molecule has 10 heavy (non-hydrogen) atoms. The van der Waals surface area contributed by atoms with Crippen LogP contribution >= 0.6 is 0 Å². The lowest BCUT2D eigenvalue weighted by atomic mass is 10.3. The summed E-state index contributed by atoms with van der Waals surface area (Å²) in [7, 11) is 0. The molecule has 3 rings (SSSR count). The van der Waals surface area contributed by atoms with Gasteiger partial charge in [-0.25, -0.2) is 0 Å². The zero-order valence-electron chi connectivity index (χ0n) is 5.33. The van der Waals surface area contributed by atoms with Crippen LogP contribution < -0.4 is 9.47 Å². The Labute approximate surface area is 58.7 Å². The normalized spacial score (nSPS) is 13.8. The monoisotopic (exact) mass is 134 g/mol. The van der Waals surface area contributed by atoms with Gasteiger partial charge >= 0.3 is 0 Å². The van der Waals surface area contributed by atoms with Crippen molar-refractivity contribution >= 4 is 0 Å². The second-order valence-corrected chi connectivity index (χ2v) is 2.05. The van der Waals surface area contributed by atoms with Crippen LogP contribution in [0.5, 0.6) is 11.5 Å². The molecule has 2 aliphatic heterocycles. The molecule has 2 heterocycles. The van der Waals surface area contributed by atoms with E-state index < -0.39 is 0 Å². The van der Waals surface area contributed by atoms with Crippen molar-refractivity contribution in [3.8, 4) is 11.5 Å². The van der Waals surface area contributed by atoms with E-state index in [0.717, 1.165) is 11.5 Å². The van der Waals surface area contributed by atoms with Crippen LogP contribution in [0.2, 0.25) is 0 Å². The van der Waals surface area contributed by atoms with Crippen LogP contribution in [0.25, 0.3) is 0 Å². The van der Waals surface area contributed by atoms with Crippen molar-refractivity contribution in [3.05, 3.63) is 36.8 Å². The Morgan fingerprint density at radius 3 is 1.70 bits per heavy atom. The second-order valence-electron chi connectivity index (χ2n) is 2.05. The standard InChI is InChI=1S/C8H6O2/c1-6-9-7-2-3-8(10-6)5-4-7/h2-5H,1H2. The molecule has 0 unspecified atom stereocenters. The van der Waals surface area contributed by atoms with Gasteiger partial charge in [0.25, 0.3) is 5.95 Å². The maximum atomic E-state index is 5.11. The molecular weight excluding hydrogens is 128 g/mol. The molecule has 0 fully saturated rings. The van der Waals surface area contributed by atoms with E-state index in [9.17, 15) is 0 Å². The molecule has 2 aliphatic rings. The first-order valence-electron chi connectivity index (χ1n) is 2.99. The lowest BCUT2D eigenvalue weighted by molar-refractivity contribution is 0.238. The van der Waals surface area contributed by atoms with E-state index in [2.05, 4.69) is 6.58 Å². The second kappa shape index (κ2) is 1.77. The lowest BCUT2D eigenvalue weighted by Crippen LogP contribution is -1.97. The average molecular weight is 134 g/mol. The first-order chi connectivity index (χ1) is 4.84. The van der Waals surface area contributed by atoms with Gasteiger partial charge in [-0.3, -0.25) is 0 Å². The molecule has 0 spiro atoms. The summed E-state index contributed by atoms with van der Waals surface area (Å²) in [6, 6.07) is 7.36. The highest BCUT2D eigenvalue weighted by Gasteiger charge is 2.06. The minimum absolute atomic E-state index is 0.333. The minimum Gasteiger partial charge on any atom is -0.426 e. The van der Waals surface area contributed by atoms with Crippen LogP contribution in [0, 0.1) is 0 Å². The molecule has 2 heteroatoms. The third-order valence-corrected chi connectivity index (χ3v) is 1.29. The Hall–Kier alpha value is -1.44. The summed E-state index contributed by atoms with van der Waals surface area (Å²) in [6.07, 6.45) is 0. The zero-order valence-corrected chi connectivity index (χ0v) is 5.33. The van der Waals surface area contributed by atoms with Gasteiger partial charge in [-0.2, -0.15) is 0 Å². The fraction of sp³-hybridized carbons (Fsp3) is 0. The molecule has 0 amide bonds. The van der Waals surface area contributed by atoms with Crippen LogP contribution in [0.1, 0.15) is 0 Å². The molecule has 2 bridgehead atoms. The Morgan fingerprint density at radius 2 is 1.30 bits per heavy atom. The first-order valence-corrected chi connectivity index (χ1v) is 2.99. The third kappa shape index (κ3) is 0.739. The van der Waals surface area contributed by atoms with Gasteiger partial charge < -0.3 is 9.47 Å². The fourth-order valence-corrected chi connectivity index (χ4v) is 0.859. The Bertz CT molecular complexity index is 234. The molecule has 0 atom stereocenters. The largest absolute Gasteiger partial charge is 0.426 e. The smallest absolute Gasteiger partial charge is 0.282 e. The van der Waals surface area contributed by atoms with E-state index in [1.165, 1.54) is 0 Å². The quantitative estimate of drug-likeness (QED) is 0.539. The van der Waals surface area contributed by atoms with Crippen molar-refractivity contribution in [2.24, 2.45) is 0 Å². The number of rotatable bonds is 0. The van der Waals surface area contributed by atoms with E-state index in [-0.39, 0.29) is 0 Å².